The molecule has 1 aromatic carbocycles. The third-order valence-electron chi connectivity index (χ3n) is 7.94. The summed E-state index contributed by atoms with van der Waals surface area (Å²) >= 11 is 0. The van der Waals surface area contributed by atoms with Gasteiger partial charge in [0.2, 0.25) is 8.32 Å². The number of hydrogen-bond donors (Lipinski definition) is 0. The molecule has 0 saturated carbocycles. The van der Waals surface area contributed by atoms with E-state index in [1.165, 1.54) is 0 Å². The van der Waals surface area contributed by atoms with Crippen LogP contribution >= 0.6 is 0 Å². The van der Waals surface area contributed by atoms with Crippen LogP contribution in [0.4, 0.5) is 0 Å². The minimum atomic E-state index is -2.06. The zero-order valence-electron chi connectivity index (χ0n) is 23.6. The van der Waals surface area contributed by atoms with E-state index < -0.39 is 16.6 Å². The first-order chi connectivity index (χ1) is 15.7. The van der Waals surface area contributed by atoms with Crippen molar-refractivity contribution in [3.05, 3.63) is 48.2 Å². The molecule has 1 heterocycles. The van der Waals surface area contributed by atoms with E-state index in [2.05, 4.69) is 87.5 Å². The Bertz CT molecular complexity index is 747. The fourth-order valence-corrected chi connectivity index (χ4v) is 11.8. The van der Waals surface area contributed by atoms with Crippen molar-refractivity contribution >= 4 is 16.6 Å². The SMILES string of the molecule is CC(C)[Si](OC[C@H]1OC=C[C@@H](OCc2ccccc2)[C@@H]1O[Si](C)(C)C(C)(C)C)(C(C)C)C(C)C. The van der Waals surface area contributed by atoms with Gasteiger partial charge in [0.15, 0.2) is 8.32 Å². The first-order valence-electron chi connectivity index (χ1n) is 13.0. The predicted molar refractivity (Wildman–Crippen MR) is 148 cm³/mol. The summed E-state index contributed by atoms with van der Waals surface area (Å²) in [4.78, 5) is 0. The summed E-state index contributed by atoms with van der Waals surface area (Å²) in [5.41, 5.74) is 2.73. The Morgan fingerprint density at radius 1 is 0.912 bits per heavy atom. The Morgan fingerprint density at radius 2 is 1.47 bits per heavy atom. The lowest BCUT2D eigenvalue weighted by Gasteiger charge is -2.46. The van der Waals surface area contributed by atoms with Gasteiger partial charge < -0.3 is 18.3 Å². The molecule has 0 bridgehead atoms. The zero-order chi connectivity index (χ0) is 25.7. The number of hydrogen-bond acceptors (Lipinski definition) is 4. The number of ether oxygens (including phenoxy) is 2. The fraction of sp³-hybridized carbons (Fsp3) is 0.714. The Kier molecular flexibility index (Phi) is 10.2. The van der Waals surface area contributed by atoms with Crippen molar-refractivity contribution in [3.8, 4) is 0 Å². The van der Waals surface area contributed by atoms with E-state index in [1.807, 2.05) is 24.3 Å². The van der Waals surface area contributed by atoms with Gasteiger partial charge >= 0.3 is 0 Å². The average Bonchev–Trinajstić information content (AvgIpc) is 2.73. The van der Waals surface area contributed by atoms with E-state index in [0.29, 0.717) is 29.8 Å². The van der Waals surface area contributed by atoms with Gasteiger partial charge in [-0.2, -0.15) is 0 Å². The Labute approximate surface area is 211 Å². The van der Waals surface area contributed by atoms with Crippen LogP contribution in [-0.2, 0) is 24.9 Å². The average molecular weight is 507 g/mol. The molecule has 0 N–H and O–H groups in total. The summed E-state index contributed by atoms with van der Waals surface area (Å²) in [6, 6.07) is 10.3. The van der Waals surface area contributed by atoms with Crippen LogP contribution < -0.4 is 0 Å². The molecule has 0 aromatic heterocycles. The maximum absolute atomic E-state index is 6.98. The van der Waals surface area contributed by atoms with Crippen molar-refractivity contribution in [2.24, 2.45) is 0 Å². The van der Waals surface area contributed by atoms with Crippen LogP contribution in [0.5, 0.6) is 0 Å². The molecular formula is C28H50O4Si2. The smallest absolute Gasteiger partial charge is 0.200 e. The summed E-state index contributed by atoms with van der Waals surface area (Å²) in [6.07, 6.45) is 3.23. The zero-order valence-corrected chi connectivity index (χ0v) is 25.6. The molecule has 0 aliphatic carbocycles. The molecule has 34 heavy (non-hydrogen) atoms. The van der Waals surface area contributed by atoms with Gasteiger partial charge in [-0.15, -0.1) is 0 Å². The molecule has 2 rings (SSSR count). The monoisotopic (exact) mass is 506 g/mol. The number of benzene rings is 1. The van der Waals surface area contributed by atoms with Crippen LogP contribution in [-0.4, -0.2) is 41.6 Å². The molecule has 0 unspecified atom stereocenters. The quantitative estimate of drug-likeness (QED) is 0.284. The van der Waals surface area contributed by atoms with Crippen molar-refractivity contribution in [2.45, 2.75) is 122 Å². The topological polar surface area (TPSA) is 36.9 Å². The molecule has 4 nitrogen and oxygen atoms in total. The highest BCUT2D eigenvalue weighted by Gasteiger charge is 2.48. The van der Waals surface area contributed by atoms with Gasteiger partial charge in [0.05, 0.1) is 19.5 Å². The summed E-state index contributed by atoms with van der Waals surface area (Å²) in [5, 5.41) is 0.0931. The second-order valence-electron chi connectivity index (χ2n) is 12.2. The maximum atomic E-state index is 6.98. The third kappa shape index (κ3) is 6.85. The third-order valence-corrected chi connectivity index (χ3v) is 18.5. The standard InChI is InChI=1S/C28H50O4Si2/c1-21(2)34(22(3)4,23(5)6)31-20-26-27(32-33(10,11)28(7,8)9)25(17-18-29-26)30-19-24-15-13-12-14-16-24/h12-18,21-23,25-27H,19-20H2,1-11H3/t25-,26-,27+/m1/s1. The van der Waals surface area contributed by atoms with Crippen molar-refractivity contribution in [2.75, 3.05) is 6.61 Å². The highest BCUT2D eigenvalue weighted by molar-refractivity contribution is 6.77. The molecular weight excluding hydrogens is 456 g/mol. The lowest BCUT2D eigenvalue weighted by Crippen LogP contribution is -2.56. The van der Waals surface area contributed by atoms with E-state index in [1.54, 1.807) is 6.26 Å². The predicted octanol–water partition coefficient (Wildman–Crippen LogP) is 8.07. The van der Waals surface area contributed by atoms with E-state index >= 15 is 0 Å². The van der Waals surface area contributed by atoms with Crippen LogP contribution in [0, 0.1) is 0 Å². The summed E-state index contributed by atoms with van der Waals surface area (Å²) in [7, 11) is -4.08. The highest BCUT2D eigenvalue weighted by Crippen LogP contribution is 2.43. The van der Waals surface area contributed by atoms with Gasteiger partial charge in [0.1, 0.15) is 18.3 Å². The van der Waals surface area contributed by atoms with Gasteiger partial charge in [-0.05, 0) is 46.4 Å². The molecule has 1 aromatic rings. The van der Waals surface area contributed by atoms with Gasteiger partial charge in [-0.1, -0.05) is 92.6 Å². The molecule has 1 aliphatic heterocycles. The molecule has 194 valence electrons. The van der Waals surface area contributed by atoms with Crippen LogP contribution in [0.25, 0.3) is 0 Å². The highest BCUT2D eigenvalue weighted by atomic mass is 28.4. The maximum Gasteiger partial charge on any atom is 0.200 e. The van der Waals surface area contributed by atoms with E-state index in [-0.39, 0.29) is 23.4 Å². The minimum Gasteiger partial charge on any atom is -0.493 e. The van der Waals surface area contributed by atoms with Gasteiger partial charge in [0, 0.05) is 0 Å². The van der Waals surface area contributed by atoms with E-state index in [0.717, 1.165) is 5.56 Å². The van der Waals surface area contributed by atoms with Crippen LogP contribution in [0.3, 0.4) is 0 Å². The molecule has 0 radical (unpaired) electrons. The second kappa shape index (κ2) is 11.9. The molecule has 3 atom stereocenters. The van der Waals surface area contributed by atoms with Crippen molar-refractivity contribution in [1.29, 1.82) is 0 Å². The molecule has 0 fully saturated rings. The lowest BCUT2D eigenvalue weighted by molar-refractivity contribution is -0.0984. The first-order valence-corrected chi connectivity index (χ1v) is 18.1. The molecule has 1 aliphatic rings. The second-order valence-corrected chi connectivity index (χ2v) is 22.5. The van der Waals surface area contributed by atoms with E-state index in [4.69, 9.17) is 18.3 Å². The Morgan fingerprint density at radius 3 is 1.97 bits per heavy atom. The van der Waals surface area contributed by atoms with Crippen molar-refractivity contribution < 1.29 is 18.3 Å². The Hall–Kier alpha value is -0.926. The molecule has 0 saturated heterocycles. The minimum absolute atomic E-state index is 0.0931. The Balaban J connectivity index is 2.29. The fourth-order valence-electron chi connectivity index (χ4n) is 5.06. The first kappa shape index (κ1) is 29.3. The van der Waals surface area contributed by atoms with Crippen LogP contribution in [0.2, 0.25) is 34.8 Å². The lowest BCUT2D eigenvalue weighted by atomic mass is 10.1. The van der Waals surface area contributed by atoms with Gasteiger partial charge in [-0.25, -0.2) is 0 Å². The van der Waals surface area contributed by atoms with E-state index in [9.17, 15) is 0 Å². The largest absolute Gasteiger partial charge is 0.493 e. The normalized spacial score (nSPS) is 22.0. The molecule has 0 amide bonds. The molecule has 6 heteroatoms. The molecule has 0 spiro atoms. The van der Waals surface area contributed by atoms with Crippen molar-refractivity contribution in [3.63, 3.8) is 0 Å². The number of rotatable bonds is 11. The van der Waals surface area contributed by atoms with Gasteiger partial charge in [-0.3, -0.25) is 0 Å². The van der Waals surface area contributed by atoms with Crippen LogP contribution in [0.1, 0.15) is 67.9 Å². The van der Waals surface area contributed by atoms with Crippen LogP contribution in [0.15, 0.2) is 42.7 Å². The summed E-state index contributed by atoms with van der Waals surface area (Å²) < 4.78 is 26.6. The van der Waals surface area contributed by atoms with Crippen molar-refractivity contribution in [1.82, 2.24) is 0 Å². The summed E-state index contributed by atoms with van der Waals surface area (Å²) in [6.45, 7) is 26.4. The summed E-state index contributed by atoms with van der Waals surface area (Å²) in [5.74, 6) is 0. The van der Waals surface area contributed by atoms with Gasteiger partial charge in [0.25, 0.3) is 0 Å².